The minimum Gasteiger partial charge on any atom is -0.384 e. The molecule has 0 saturated heterocycles. The molecule has 6 nitrogen and oxygen atoms in total. The fourth-order valence-corrected chi connectivity index (χ4v) is 4.91. The first-order valence-corrected chi connectivity index (χ1v) is 13.0. The van der Waals surface area contributed by atoms with E-state index in [9.17, 15) is 23.5 Å². The van der Waals surface area contributed by atoms with E-state index in [1.54, 1.807) is 0 Å². The maximum atomic E-state index is 13.8. The molecule has 0 amide bonds. The second kappa shape index (κ2) is 13.9. The Morgan fingerprint density at radius 2 is 1.73 bits per heavy atom. The summed E-state index contributed by atoms with van der Waals surface area (Å²) in [4.78, 5) is 25.1. The summed E-state index contributed by atoms with van der Waals surface area (Å²) in [7, 11) is 0. The molecule has 1 aliphatic rings. The minimum atomic E-state index is -1.30. The lowest BCUT2D eigenvalue weighted by atomic mass is 9.63. The highest BCUT2D eigenvalue weighted by Gasteiger charge is 2.38. The Bertz CT molecular complexity index is 1030. The molecule has 0 heterocycles. The molecule has 5 N–H and O–H groups in total. The van der Waals surface area contributed by atoms with Gasteiger partial charge in [-0.3, -0.25) is 9.59 Å². The second-order valence-corrected chi connectivity index (χ2v) is 10.4. The number of hydrogen-bond donors (Lipinski definition) is 3. The maximum absolute atomic E-state index is 13.8. The second-order valence-electron chi connectivity index (χ2n) is 10.4. The molecule has 37 heavy (non-hydrogen) atoms. The fourth-order valence-electron chi connectivity index (χ4n) is 4.91. The molecule has 0 radical (unpaired) electrons. The van der Waals surface area contributed by atoms with Crippen molar-refractivity contribution in [3.05, 3.63) is 71.3 Å². The fraction of sp³-hybridized carbons (Fsp3) is 0.517. The summed E-state index contributed by atoms with van der Waals surface area (Å²) in [6.07, 6.45) is 3.52. The van der Waals surface area contributed by atoms with Crippen LogP contribution in [0.5, 0.6) is 0 Å². The summed E-state index contributed by atoms with van der Waals surface area (Å²) in [5.74, 6) is -1.42. The zero-order chi connectivity index (χ0) is 26.8. The minimum absolute atomic E-state index is 0.0282. The van der Waals surface area contributed by atoms with Crippen molar-refractivity contribution in [1.82, 2.24) is 0 Å². The molecule has 0 bridgehead atoms. The van der Waals surface area contributed by atoms with Crippen molar-refractivity contribution in [2.24, 2.45) is 16.9 Å². The van der Waals surface area contributed by atoms with Crippen LogP contribution in [-0.4, -0.2) is 41.5 Å². The molecule has 3 atom stereocenters. The Balaban J connectivity index is 1.38. The molecule has 202 valence electrons. The third kappa shape index (κ3) is 9.07. The van der Waals surface area contributed by atoms with Gasteiger partial charge in [-0.15, -0.1) is 0 Å². The van der Waals surface area contributed by atoms with Crippen LogP contribution in [0.3, 0.4) is 0 Å². The molecular formula is C29H38F2N2O4. The van der Waals surface area contributed by atoms with Gasteiger partial charge in [0.25, 0.3) is 0 Å². The van der Waals surface area contributed by atoms with Gasteiger partial charge in [-0.25, -0.2) is 8.78 Å². The van der Waals surface area contributed by atoms with E-state index in [1.165, 1.54) is 0 Å². The summed E-state index contributed by atoms with van der Waals surface area (Å²) in [5, 5.41) is 10.4. The number of ketones is 2. The molecule has 1 aliphatic carbocycles. The van der Waals surface area contributed by atoms with Crippen LogP contribution in [0.15, 0.2) is 48.5 Å². The van der Waals surface area contributed by atoms with Crippen molar-refractivity contribution in [3.63, 3.8) is 0 Å². The monoisotopic (exact) mass is 516 g/mol. The Labute approximate surface area is 217 Å². The van der Waals surface area contributed by atoms with Crippen molar-refractivity contribution in [3.8, 4) is 0 Å². The van der Waals surface area contributed by atoms with E-state index in [2.05, 4.69) is 0 Å². The van der Waals surface area contributed by atoms with Crippen molar-refractivity contribution in [1.29, 1.82) is 0 Å². The number of aliphatic hydroxyl groups is 1. The van der Waals surface area contributed by atoms with Gasteiger partial charge in [-0.05, 0) is 66.8 Å². The van der Waals surface area contributed by atoms with Gasteiger partial charge in [0, 0.05) is 25.3 Å². The van der Waals surface area contributed by atoms with Crippen molar-refractivity contribution in [2.75, 3.05) is 6.61 Å². The molecule has 1 saturated carbocycles. The van der Waals surface area contributed by atoms with Crippen molar-refractivity contribution in [2.45, 2.75) is 82.6 Å². The van der Waals surface area contributed by atoms with Crippen LogP contribution in [-0.2, 0) is 27.4 Å². The van der Waals surface area contributed by atoms with Crippen LogP contribution in [0.1, 0.15) is 62.5 Å². The Kier molecular flexibility index (Phi) is 10.9. The van der Waals surface area contributed by atoms with Gasteiger partial charge in [-0.1, -0.05) is 36.8 Å². The molecule has 1 fully saturated rings. The number of carbonyl (C=O) groups excluding carboxylic acids is 2. The number of hydrogen-bond acceptors (Lipinski definition) is 6. The van der Waals surface area contributed by atoms with E-state index in [4.69, 9.17) is 16.2 Å². The van der Waals surface area contributed by atoms with Gasteiger partial charge in [0.1, 0.15) is 23.5 Å². The topological polar surface area (TPSA) is 116 Å². The average Bonchev–Trinajstić information content (AvgIpc) is 2.85. The van der Waals surface area contributed by atoms with Crippen molar-refractivity contribution >= 4 is 11.6 Å². The van der Waals surface area contributed by atoms with Crippen LogP contribution >= 0.6 is 0 Å². The summed E-state index contributed by atoms with van der Waals surface area (Å²) in [6, 6.07) is 11.4. The predicted octanol–water partition coefficient (Wildman–Crippen LogP) is 4.00. The number of carbonyl (C=O) groups is 2. The maximum Gasteiger partial charge on any atom is 0.162 e. The Hall–Kier alpha value is -2.52. The lowest BCUT2D eigenvalue weighted by Crippen LogP contribution is -2.44. The lowest BCUT2D eigenvalue weighted by Gasteiger charge is -2.42. The quantitative estimate of drug-likeness (QED) is 0.311. The number of nitrogens with two attached hydrogens (primary N) is 2. The van der Waals surface area contributed by atoms with Gasteiger partial charge in [-0.2, -0.15) is 0 Å². The average molecular weight is 517 g/mol. The molecule has 0 aromatic heterocycles. The largest absolute Gasteiger partial charge is 0.384 e. The van der Waals surface area contributed by atoms with E-state index in [0.717, 1.165) is 43.0 Å². The molecule has 2 aromatic carbocycles. The van der Waals surface area contributed by atoms with Gasteiger partial charge >= 0.3 is 0 Å². The molecule has 3 unspecified atom stereocenters. The number of ether oxygens (including phenoxy) is 1. The highest BCUT2D eigenvalue weighted by molar-refractivity contribution is 5.83. The van der Waals surface area contributed by atoms with E-state index in [-0.39, 0.29) is 48.4 Å². The number of benzene rings is 2. The lowest BCUT2D eigenvalue weighted by molar-refractivity contribution is -0.130. The first-order valence-electron chi connectivity index (χ1n) is 13.0. The van der Waals surface area contributed by atoms with Crippen LogP contribution in [0.2, 0.25) is 0 Å². The van der Waals surface area contributed by atoms with Gasteiger partial charge in [0.2, 0.25) is 0 Å². The first kappa shape index (κ1) is 29.0. The zero-order valence-corrected chi connectivity index (χ0v) is 21.2. The number of rotatable bonds is 16. The first-order chi connectivity index (χ1) is 17.7. The Morgan fingerprint density at radius 1 is 1.03 bits per heavy atom. The molecule has 0 aliphatic heterocycles. The number of halogens is 2. The molecule has 0 spiro atoms. The predicted molar refractivity (Wildman–Crippen MR) is 138 cm³/mol. The van der Waals surface area contributed by atoms with Gasteiger partial charge in [0.05, 0.1) is 19.3 Å². The molecule has 3 rings (SSSR count). The van der Waals surface area contributed by atoms with E-state index in [0.29, 0.717) is 25.9 Å². The van der Waals surface area contributed by atoms with Gasteiger partial charge < -0.3 is 21.3 Å². The number of Topliss-reactive ketones (excluding diaryl/α,β-unsaturated/α-hetero) is 2. The van der Waals surface area contributed by atoms with E-state index in [1.807, 2.05) is 30.3 Å². The summed E-state index contributed by atoms with van der Waals surface area (Å²) in [5.41, 5.74) is 13.1. The Morgan fingerprint density at radius 3 is 2.41 bits per heavy atom. The molecule has 8 heteroatoms. The van der Waals surface area contributed by atoms with Crippen LogP contribution < -0.4 is 11.5 Å². The standard InChI is InChI=1S/C29H38F2N2O4/c30-22-7-8-25(31)21(15-22)16-23(32)17-24(34)9-13-29(11-4-12-29)14-10-27(35)28(36)26(33)19-37-18-20-5-2-1-3-6-20/h1-3,5-8,15,23,26,28,36H,4,9-14,16-19,32-33H2. The van der Waals surface area contributed by atoms with Crippen LogP contribution in [0.4, 0.5) is 8.78 Å². The highest BCUT2D eigenvalue weighted by Crippen LogP contribution is 2.48. The van der Waals surface area contributed by atoms with Crippen LogP contribution in [0.25, 0.3) is 0 Å². The van der Waals surface area contributed by atoms with Crippen molar-refractivity contribution < 1.29 is 28.2 Å². The SMILES string of the molecule is NC(CC(=O)CCC1(CCC(=O)C(O)C(N)COCc2ccccc2)CCC1)Cc1cc(F)ccc1F. The highest BCUT2D eigenvalue weighted by atomic mass is 19.1. The number of aliphatic hydroxyl groups excluding tert-OH is 1. The third-order valence-corrected chi connectivity index (χ3v) is 7.39. The van der Waals surface area contributed by atoms with Crippen LogP contribution in [0, 0.1) is 17.0 Å². The summed E-state index contributed by atoms with van der Waals surface area (Å²) in [6.45, 7) is 0.425. The smallest absolute Gasteiger partial charge is 0.162 e. The summed E-state index contributed by atoms with van der Waals surface area (Å²) < 4.78 is 32.8. The normalized spacial score (nSPS) is 17.0. The third-order valence-electron chi connectivity index (χ3n) is 7.39. The van der Waals surface area contributed by atoms with Gasteiger partial charge in [0.15, 0.2) is 5.78 Å². The zero-order valence-electron chi connectivity index (χ0n) is 21.2. The molecule has 2 aromatic rings. The van der Waals surface area contributed by atoms with E-state index >= 15 is 0 Å². The summed E-state index contributed by atoms with van der Waals surface area (Å²) >= 11 is 0. The van der Waals surface area contributed by atoms with E-state index < -0.39 is 29.8 Å². The molecular weight excluding hydrogens is 478 g/mol.